The van der Waals surface area contributed by atoms with Crippen molar-refractivity contribution >= 4 is 5.69 Å². The van der Waals surface area contributed by atoms with E-state index in [2.05, 4.69) is 12.2 Å². The van der Waals surface area contributed by atoms with Gasteiger partial charge in [-0.3, -0.25) is 0 Å². The van der Waals surface area contributed by atoms with Crippen LogP contribution in [0.3, 0.4) is 0 Å². The summed E-state index contributed by atoms with van der Waals surface area (Å²) in [6, 6.07) is 5.57. The van der Waals surface area contributed by atoms with Gasteiger partial charge in [0.05, 0.1) is 0 Å². The van der Waals surface area contributed by atoms with Crippen LogP contribution in [0.1, 0.15) is 24.8 Å². The number of phenolic OH excluding ortho intramolecular Hbond substituents is 1. The predicted molar refractivity (Wildman–Crippen MR) is 49.6 cm³/mol. The lowest BCUT2D eigenvalue weighted by atomic mass is 9.99. The van der Waals surface area contributed by atoms with Crippen LogP contribution in [-0.4, -0.2) is 11.7 Å². The molecule has 0 bridgehead atoms. The molecule has 0 saturated heterocycles. The average molecular weight is 163 g/mol. The standard InChI is InChI=1S/C10H13NO/c1-2-7-6-11-10-5-8(12)3-4-9(7)10/h3-5,7,11-12H,2,6H2,1H3. The van der Waals surface area contributed by atoms with E-state index >= 15 is 0 Å². The van der Waals surface area contributed by atoms with Gasteiger partial charge in [0.25, 0.3) is 0 Å². The third kappa shape index (κ3) is 1.04. The summed E-state index contributed by atoms with van der Waals surface area (Å²) >= 11 is 0. The molecule has 0 aromatic heterocycles. The Morgan fingerprint density at radius 1 is 1.58 bits per heavy atom. The van der Waals surface area contributed by atoms with Crippen molar-refractivity contribution in [2.45, 2.75) is 19.3 Å². The molecule has 1 aromatic carbocycles. The second-order valence-corrected chi connectivity index (χ2v) is 3.26. The lowest BCUT2D eigenvalue weighted by molar-refractivity contribution is 0.475. The molecule has 12 heavy (non-hydrogen) atoms. The zero-order valence-electron chi connectivity index (χ0n) is 7.17. The van der Waals surface area contributed by atoms with Crippen molar-refractivity contribution in [3.05, 3.63) is 23.8 Å². The molecule has 1 heterocycles. The number of fused-ring (bicyclic) bond motifs is 1. The van der Waals surface area contributed by atoms with Crippen molar-refractivity contribution in [2.24, 2.45) is 0 Å². The molecule has 1 atom stereocenters. The normalized spacial score (nSPS) is 20.2. The highest BCUT2D eigenvalue weighted by molar-refractivity contribution is 5.60. The summed E-state index contributed by atoms with van der Waals surface area (Å²) < 4.78 is 0. The molecule has 2 rings (SSSR count). The lowest BCUT2D eigenvalue weighted by Crippen LogP contribution is -1.99. The van der Waals surface area contributed by atoms with Crippen molar-refractivity contribution in [3.8, 4) is 5.75 Å². The number of aromatic hydroxyl groups is 1. The van der Waals surface area contributed by atoms with Gasteiger partial charge >= 0.3 is 0 Å². The van der Waals surface area contributed by atoms with Crippen molar-refractivity contribution in [3.63, 3.8) is 0 Å². The highest BCUT2D eigenvalue weighted by atomic mass is 16.3. The van der Waals surface area contributed by atoms with Crippen LogP contribution in [0.4, 0.5) is 5.69 Å². The zero-order valence-corrected chi connectivity index (χ0v) is 7.17. The SMILES string of the molecule is CCC1CNc2cc(O)ccc21. The Hall–Kier alpha value is -1.18. The molecule has 2 heteroatoms. The van der Waals surface area contributed by atoms with E-state index in [1.165, 1.54) is 5.56 Å². The second-order valence-electron chi connectivity index (χ2n) is 3.26. The van der Waals surface area contributed by atoms with Gasteiger partial charge in [-0.25, -0.2) is 0 Å². The van der Waals surface area contributed by atoms with Gasteiger partial charge in [0, 0.05) is 24.2 Å². The monoisotopic (exact) mass is 163 g/mol. The van der Waals surface area contributed by atoms with Crippen LogP contribution in [0.5, 0.6) is 5.75 Å². The summed E-state index contributed by atoms with van der Waals surface area (Å²) in [4.78, 5) is 0. The molecule has 0 fully saturated rings. The number of phenols is 1. The minimum absolute atomic E-state index is 0.345. The molecule has 2 N–H and O–H groups in total. The van der Waals surface area contributed by atoms with Crippen molar-refractivity contribution < 1.29 is 5.11 Å². The molecule has 1 unspecified atom stereocenters. The first-order valence-corrected chi connectivity index (χ1v) is 4.38. The highest BCUT2D eigenvalue weighted by Gasteiger charge is 2.19. The van der Waals surface area contributed by atoms with E-state index in [1.54, 1.807) is 12.1 Å². The Bertz CT molecular complexity index is 296. The fourth-order valence-corrected chi connectivity index (χ4v) is 1.76. The van der Waals surface area contributed by atoms with Crippen molar-refractivity contribution in [1.82, 2.24) is 0 Å². The first-order valence-electron chi connectivity index (χ1n) is 4.38. The summed E-state index contributed by atoms with van der Waals surface area (Å²) in [6.07, 6.45) is 1.16. The van der Waals surface area contributed by atoms with E-state index in [-0.39, 0.29) is 0 Å². The molecule has 1 aliphatic rings. The predicted octanol–water partition coefficient (Wildman–Crippen LogP) is 2.31. The van der Waals surface area contributed by atoms with E-state index in [4.69, 9.17) is 0 Å². The summed E-state index contributed by atoms with van der Waals surface area (Å²) in [7, 11) is 0. The first-order chi connectivity index (χ1) is 5.81. The zero-order chi connectivity index (χ0) is 8.55. The van der Waals surface area contributed by atoms with Crippen LogP contribution in [0.25, 0.3) is 0 Å². The van der Waals surface area contributed by atoms with Crippen LogP contribution in [0.2, 0.25) is 0 Å². The number of hydrogen-bond acceptors (Lipinski definition) is 2. The molecule has 0 spiro atoms. The topological polar surface area (TPSA) is 32.3 Å². The van der Waals surface area contributed by atoms with Crippen LogP contribution < -0.4 is 5.32 Å². The maximum atomic E-state index is 9.22. The molecule has 0 aliphatic carbocycles. The number of rotatable bonds is 1. The van der Waals surface area contributed by atoms with E-state index in [9.17, 15) is 5.11 Å². The molecule has 64 valence electrons. The smallest absolute Gasteiger partial charge is 0.117 e. The Morgan fingerprint density at radius 3 is 3.17 bits per heavy atom. The Labute approximate surface area is 72.2 Å². The van der Waals surface area contributed by atoms with Gasteiger partial charge in [-0.2, -0.15) is 0 Å². The third-order valence-electron chi connectivity index (χ3n) is 2.51. The van der Waals surface area contributed by atoms with Crippen LogP contribution in [0.15, 0.2) is 18.2 Å². The van der Waals surface area contributed by atoms with E-state index in [1.807, 2.05) is 6.07 Å². The summed E-state index contributed by atoms with van der Waals surface area (Å²) in [5.41, 5.74) is 2.44. The quantitative estimate of drug-likeness (QED) is 0.665. The van der Waals surface area contributed by atoms with Crippen LogP contribution in [-0.2, 0) is 0 Å². The molecular formula is C10H13NO. The van der Waals surface area contributed by atoms with Crippen molar-refractivity contribution in [2.75, 3.05) is 11.9 Å². The number of hydrogen-bond donors (Lipinski definition) is 2. The Kier molecular flexibility index (Phi) is 1.68. The highest BCUT2D eigenvalue weighted by Crippen LogP contribution is 2.35. The molecule has 1 aliphatic heterocycles. The maximum absolute atomic E-state index is 9.22. The second kappa shape index (κ2) is 2.70. The first kappa shape index (κ1) is 7.47. The van der Waals surface area contributed by atoms with Gasteiger partial charge in [-0.05, 0) is 18.1 Å². The lowest BCUT2D eigenvalue weighted by Gasteiger charge is -2.05. The van der Waals surface area contributed by atoms with E-state index in [0.717, 1.165) is 18.7 Å². The van der Waals surface area contributed by atoms with Gasteiger partial charge in [0.2, 0.25) is 0 Å². The number of nitrogens with one attached hydrogen (secondary N) is 1. The fraction of sp³-hybridized carbons (Fsp3) is 0.400. The van der Waals surface area contributed by atoms with Gasteiger partial charge in [0.15, 0.2) is 0 Å². The molecular weight excluding hydrogens is 150 g/mol. The Balaban J connectivity index is 2.40. The van der Waals surface area contributed by atoms with Gasteiger partial charge in [0.1, 0.15) is 5.75 Å². The van der Waals surface area contributed by atoms with Crippen molar-refractivity contribution in [1.29, 1.82) is 0 Å². The molecule has 0 saturated carbocycles. The van der Waals surface area contributed by atoms with Gasteiger partial charge in [-0.1, -0.05) is 13.0 Å². The van der Waals surface area contributed by atoms with Gasteiger partial charge < -0.3 is 10.4 Å². The minimum atomic E-state index is 0.345. The maximum Gasteiger partial charge on any atom is 0.117 e. The summed E-state index contributed by atoms with van der Waals surface area (Å²) in [5, 5.41) is 12.5. The van der Waals surface area contributed by atoms with Crippen LogP contribution >= 0.6 is 0 Å². The van der Waals surface area contributed by atoms with Gasteiger partial charge in [-0.15, -0.1) is 0 Å². The Morgan fingerprint density at radius 2 is 2.42 bits per heavy atom. The molecule has 0 amide bonds. The number of benzene rings is 1. The minimum Gasteiger partial charge on any atom is -0.508 e. The summed E-state index contributed by atoms with van der Waals surface area (Å²) in [5.74, 6) is 0.971. The third-order valence-corrected chi connectivity index (χ3v) is 2.51. The molecule has 0 radical (unpaired) electrons. The largest absolute Gasteiger partial charge is 0.508 e. The average Bonchev–Trinajstić information content (AvgIpc) is 2.46. The van der Waals surface area contributed by atoms with E-state index < -0.39 is 0 Å². The van der Waals surface area contributed by atoms with Crippen LogP contribution in [0, 0.1) is 0 Å². The molecule has 1 aromatic rings. The summed E-state index contributed by atoms with van der Waals surface area (Å²) in [6.45, 7) is 3.20. The molecule has 2 nitrogen and oxygen atoms in total. The van der Waals surface area contributed by atoms with E-state index in [0.29, 0.717) is 11.7 Å². The number of anilines is 1. The fourth-order valence-electron chi connectivity index (χ4n) is 1.76.